The molecule has 3 N–H and O–H groups in total. The minimum absolute atomic E-state index is 0. The Balaban J connectivity index is 0.00000176. The van der Waals surface area contributed by atoms with E-state index >= 15 is 0 Å². The number of anilines is 3. The van der Waals surface area contributed by atoms with Crippen LogP contribution in [0.25, 0.3) is 5.57 Å². The molecule has 3 aromatic carbocycles. The van der Waals surface area contributed by atoms with Crippen molar-refractivity contribution in [3.8, 4) is 0 Å². The number of benzene rings is 3. The van der Waals surface area contributed by atoms with Gasteiger partial charge in [0.15, 0.2) is 0 Å². The molecule has 0 aromatic heterocycles. The van der Waals surface area contributed by atoms with Crippen molar-refractivity contribution in [2.24, 2.45) is 0 Å². The summed E-state index contributed by atoms with van der Waals surface area (Å²) in [6.07, 6.45) is 0.741. The zero-order valence-corrected chi connectivity index (χ0v) is 26.0. The van der Waals surface area contributed by atoms with Crippen molar-refractivity contribution in [3.05, 3.63) is 116 Å². The molecule has 1 amide bonds. The molecule has 1 aliphatic heterocycles. The van der Waals surface area contributed by atoms with E-state index in [0.717, 1.165) is 55.9 Å². The maximum absolute atomic E-state index is 12.5. The number of hydrogen-bond acceptors (Lipinski definition) is 4. The molecule has 4 rings (SSSR count). The molecule has 0 aliphatic carbocycles. The minimum Gasteiger partial charge on any atom is -0.397 e. The number of allylic oxidation sites excluding steroid dienone is 1. The summed E-state index contributed by atoms with van der Waals surface area (Å²) >= 11 is 0. The Bertz CT molecular complexity index is 1150. The number of amides is 1. The number of nitrogens with zero attached hydrogens (tertiary/aromatic N) is 2. The Labute approximate surface area is 254 Å². The van der Waals surface area contributed by atoms with E-state index in [1.54, 1.807) is 12.1 Å². The smallest absolute Gasteiger partial charge is 0.255 e. The van der Waals surface area contributed by atoms with E-state index in [1.165, 1.54) is 5.69 Å². The van der Waals surface area contributed by atoms with Crippen LogP contribution in [0.3, 0.4) is 0 Å². The van der Waals surface area contributed by atoms with E-state index in [9.17, 15) is 4.79 Å². The molecule has 1 saturated heterocycles. The van der Waals surface area contributed by atoms with Crippen molar-refractivity contribution >= 4 is 28.5 Å². The van der Waals surface area contributed by atoms with Crippen LogP contribution in [0.5, 0.6) is 0 Å². The van der Waals surface area contributed by atoms with Gasteiger partial charge in [0.2, 0.25) is 0 Å². The Morgan fingerprint density at radius 2 is 1.39 bits per heavy atom. The van der Waals surface area contributed by atoms with Crippen LogP contribution in [-0.4, -0.2) is 43.5 Å². The van der Waals surface area contributed by atoms with E-state index < -0.39 is 0 Å². The van der Waals surface area contributed by atoms with Crippen LogP contribution >= 0.6 is 0 Å². The van der Waals surface area contributed by atoms with E-state index in [2.05, 4.69) is 58.6 Å². The number of nitrogens with one attached hydrogen (secondary N) is 1. The fourth-order valence-corrected chi connectivity index (χ4v) is 4.24. The summed E-state index contributed by atoms with van der Waals surface area (Å²) in [5, 5.41) is 2.86. The maximum atomic E-state index is 12.5. The molecule has 1 heterocycles. The van der Waals surface area contributed by atoms with Gasteiger partial charge < -0.3 is 23.4 Å². The zero-order chi connectivity index (χ0) is 25.9. The third-order valence-corrected chi connectivity index (χ3v) is 6.17. The van der Waals surface area contributed by atoms with Gasteiger partial charge in [-0.05, 0) is 54.0 Å². The second kappa shape index (κ2) is 17.0. The fourth-order valence-electron chi connectivity index (χ4n) is 4.24. The molecule has 0 atom stereocenters. The largest absolute Gasteiger partial charge is 0.397 e. The van der Waals surface area contributed by atoms with Crippen LogP contribution in [0.15, 0.2) is 97.6 Å². The van der Waals surface area contributed by atoms with Crippen LogP contribution < -0.4 is 16.0 Å². The maximum Gasteiger partial charge on any atom is 0.255 e. The van der Waals surface area contributed by atoms with Crippen molar-refractivity contribution in [1.29, 1.82) is 0 Å². The molecule has 0 spiro atoms. The van der Waals surface area contributed by atoms with Crippen LogP contribution in [0.2, 0.25) is 0 Å². The molecule has 1 fully saturated rings. The first kappa shape index (κ1) is 33.3. The standard InChI is InChI=1S/C29H32N4O.C2H6.CH3.Y/c1-22(21-32-16-18-33(19-17-32)26-8-4-3-5-9-26)20-23(2)24-12-14-25(15-13-24)29(34)31-28-11-7-6-10-27(28)30;1-2;;/h3-15H,1-2,16-21,30H2,(H,31,34);1-2H3;1H3;/q;;-1;. The molecule has 0 unspecified atom stereocenters. The molecule has 199 valence electrons. The molecular formula is C32H41N4OY-. The predicted molar refractivity (Wildman–Crippen MR) is 161 cm³/mol. The van der Waals surface area contributed by atoms with Gasteiger partial charge in [-0.1, -0.05) is 75.0 Å². The molecule has 6 heteroatoms. The Kier molecular flexibility index (Phi) is 14.9. The third kappa shape index (κ3) is 9.54. The molecule has 5 nitrogen and oxygen atoms in total. The first-order valence-corrected chi connectivity index (χ1v) is 12.6. The number of piperazine rings is 1. The molecule has 3 aromatic rings. The van der Waals surface area contributed by atoms with Crippen LogP contribution in [0.1, 0.15) is 36.2 Å². The van der Waals surface area contributed by atoms with Crippen LogP contribution in [0.4, 0.5) is 17.1 Å². The van der Waals surface area contributed by atoms with Crippen molar-refractivity contribution in [2.75, 3.05) is 48.7 Å². The van der Waals surface area contributed by atoms with Gasteiger partial charge in [0, 0.05) is 76.7 Å². The topological polar surface area (TPSA) is 61.6 Å². The number of carbonyl (C=O) groups excluding carboxylic acids is 1. The van der Waals surface area contributed by atoms with Gasteiger partial charge >= 0.3 is 0 Å². The third-order valence-electron chi connectivity index (χ3n) is 6.17. The number of nitrogens with two attached hydrogens (primary N) is 1. The number of para-hydroxylation sites is 3. The monoisotopic (exact) mass is 586 g/mol. The summed E-state index contributed by atoms with van der Waals surface area (Å²) in [4.78, 5) is 17.4. The SMILES string of the molecule is C=C(CC(=C)c1ccc(C(=O)Nc2ccccc2N)cc1)CN1CCN(c2ccccc2)CC1.CC.[CH3-].[Y]. The number of rotatable bonds is 8. The number of carbonyl (C=O) groups is 1. The van der Waals surface area contributed by atoms with Gasteiger partial charge in [0.05, 0.1) is 11.4 Å². The summed E-state index contributed by atoms with van der Waals surface area (Å²) in [6.45, 7) is 17.5. The molecule has 0 bridgehead atoms. The molecule has 0 saturated carbocycles. The van der Waals surface area contributed by atoms with Gasteiger partial charge in [-0.2, -0.15) is 0 Å². The average molecular weight is 587 g/mol. The zero-order valence-electron chi connectivity index (χ0n) is 23.1. The summed E-state index contributed by atoms with van der Waals surface area (Å²) in [5.74, 6) is -0.186. The van der Waals surface area contributed by atoms with E-state index in [4.69, 9.17) is 5.73 Å². The summed E-state index contributed by atoms with van der Waals surface area (Å²) < 4.78 is 0. The molecule has 1 radical (unpaired) electrons. The minimum atomic E-state index is -0.186. The normalized spacial score (nSPS) is 12.6. The Morgan fingerprint density at radius 3 is 2.00 bits per heavy atom. The number of hydrogen-bond donors (Lipinski definition) is 2. The Hall–Kier alpha value is -2.73. The summed E-state index contributed by atoms with van der Waals surface area (Å²) in [6, 6.07) is 25.3. The van der Waals surface area contributed by atoms with Gasteiger partial charge in [-0.25, -0.2) is 0 Å². The van der Waals surface area contributed by atoms with Gasteiger partial charge in [-0.15, -0.1) is 0 Å². The van der Waals surface area contributed by atoms with Crippen LogP contribution in [0, 0.1) is 7.43 Å². The van der Waals surface area contributed by atoms with Gasteiger partial charge in [0.1, 0.15) is 0 Å². The van der Waals surface area contributed by atoms with E-state index in [-0.39, 0.29) is 46.0 Å². The molecular weight excluding hydrogens is 545 g/mol. The molecule has 1 aliphatic rings. The first-order chi connectivity index (χ1) is 17.5. The average Bonchev–Trinajstić information content (AvgIpc) is 2.92. The number of nitrogen functional groups attached to an aromatic ring is 1. The van der Waals surface area contributed by atoms with Crippen molar-refractivity contribution < 1.29 is 37.5 Å². The fraction of sp³-hybridized carbons (Fsp3) is 0.250. The van der Waals surface area contributed by atoms with Crippen LogP contribution in [-0.2, 0) is 32.7 Å². The van der Waals surface area contributed by atoms with Gasteiger partial charge in [-0.3, -0.25) is 9.69 Å². The van der Waals surface area contributed by atoms with E-state index in [1.807, 2.05) is 50.2 Å². The second-order valence-electron chi connectivity index (χ2n) is 8.75. The second-order valence-corrected chi connectivity index (χ2v) is 8.75. The Morgan fingerprint density at radius 1 is 0.842 bits per heavy atom. The van der Waals surface area contributed by atoms with E-state index in [0.29, 0.717) is 16.9 Å². The van der Waals surface area contributed by atoms with Crippen molar-refractivity contribution in [2.45, 2.75) is 20.3 Å². The van der Waals surface area contributed by atoms with Gasteiger partial charge in [0.25, 0.3) is 5.91 Å². The van der Waals surface area contributed by atoms with Crippen molar-refractivity contribution in [3.63, 3.8) is 0 Å². The quantitative estimate of drug-likeness (QED) is 0.174. The molecule has 38 heavy (non-hydrogen) atoms. The van der Waals surface area contributed by atoms with Crippen molar-refractivity contribution in [1.82, 2.24) is 4.90 Å². The first-order valence-electron chi connectivity index (χ1n) is 12.6. The summed E-state index contributed by atoms with van der Waals surface area (Å²) in [7, 11) is 0. The summed E-state index contributed by atoms with van der Waals surface area (Å²) in [5.41, 5.74) is 12.1. The predicted octanol–water partition coefficient (Wildman–Crippen LogP) is 6.78.